The van der Waals surface area contributed by atoms with Gasteiger partial charge in [0.05, 0.1) is 0 Å². The third kappa shape index (κ3) is 2.87. The second-order valence-electron chi connectivity index (χ2n) is 3.93. The lowest BCUT2D eigenvalue weighted by atomic mass is 10.1. The SMILES string of the molecule is Cc1cccnc1NC(=O)C(Cl)c1ccccc1. The number of hydrogen-bond acceptors (Lipinski definition) is 2. The van der Waals surface area contributed by atoms with Crippen LogP contribution < -0.4 is 5.32 Å². The molecule has 0 saturated heterocycles. The van der Waals surface area contributed by atoms with Crippen LogP contribution in [0.4, 0.5) is 5.82 Å². The Bertz CT molecular complexity index is 543. The summed E-state index contributed by atoms with van der Waals surface area (Å²) >= 11 is 6.12. The van der Waals surface area contributed by atoms with E-state index in [4.69, 9.17) is 11.6 Å². The van der Waals surface area contributed by atoms with Crippen LogP contribution in [-0.2, 0) is 4.79 Å². The van der Waals surface area contributed by atoms with Crippen LogP contribution in [0.5, 0.6) is 0 Å². The van der Waals surface area contributed by atoms with Gasteiger partial charge in [0.2, 0.25) is 5.91 Å². The number of carbonyl (C=O) groups is 1. The van der Waals surface area contributed by atoms with Gasteiger partial charge in [-0.1, -0.05) is 36.4 Å². The van der Waals surface area contributed by atoms with Crippen molar-refractivity contribution in [1.82, 2.24) is 4.98 Å². The highest BCUT2D eigenvalue weighted by molar-refractivity contribution is 6.32. The van der Waals surface area contributed by atoms with Crippen molar-refractivity contribution in [1.29, 1.82) is 0 Å². The summed E-state index contributed by atoms with van der Waals surface area (Å²) in [5.74, 6) is 0.272. The van der Waals surface area contributed by atoms with Crippen LogP contribution in [0.15, 0.2) is 48.7 Å². The molecule has 0 aliphatic heterocycles. The predicted molar refractivity (Wildman–Crippen MR) is 72.6 cm³/mol. The van der Waals surface area contributed by atoms with E-state index in [9.17, 15) is 4.79 Å². The number of aryl methyl sites for hydroxylation is 1. The number of nitrogens with zero attached hydrogens (tertiary/aromatic N) is 1. The normalized spacial score (nSPS) is 11.9. The summed E-state index contributed by atoms with van der Waals surface area (Å²) in [6.45, 7) is 1.88. The molecule has 1 atom stereocenters. The first-order valence-corrected chi connectivity index (χ1v) is 6.03. The highest BCUT2D eigenvalue weighted by Gasteiger charge is 2.18. The molecular weight excluding hydrogens is 248 g/mol. The molecule has 18 heavy (non-hydrogen) atoms. The largest absolute Gasteiger partial charge is 0.309 e. The molecule has 1 heterocycles. The average Bonchev–Trinajstić information content (AvgIpc) is 2.41. The van der Waals surface area contributed by atoms with Gasteiger partial charge in [0, 0.05) is 6.20 Å². The van der Waals surface area contributed by atoms with Gasteiger partial charge >= 0.3 is 0 Å². The molecule has 1 aromatic carbocycles. The van der Waals surface area contributed by atoms with Crippen LogP contribution in [-0.4, -0.2) is 10.9 Å². The molecule has 1 aromatic heterocycles. The maximum Gasteiger partial charge on any atom is 0.248 e. The Morgan fingerprint density at radius 3 is 2.61 bits per heavy atom. The van der Waals surface area contributed by atoms with Gasteiger partial charge in [0.25, 0.3) is 0 Å². The summed E-state index contributed by atoms with van der Waals surface area (Å²) in [6, 6.07) is 12.9. The van der Waals surface area contributed by atoms with E-state index >= 15 is 0 Å². The smallest absolute Gasteiger partial charge is 0.248 e. The fourth-order valence-corrected chi connectivity index (χ4v) is 1.77. The first-order chi connectivity index (χ1) is 8.68. The second kappa shape index (κ2) is 5.65. The monoisotopic (exact) mass is 260 g/mol. The Balaban J connectivity index is 2.12. The van der Waals surface area contributed by atoms with Crippen molar-refractivity contribution >= 4 is 23.3 Å². The number of anilines is 1. The van der Waals surface area contributed by atoms with Gasteiger partial charge in [-0.15, -0.1) is 11.6 Å². The van der Waals surface area contributed by atoms with Crippen molar-refractivity contribution in [2.75, 3.05) is 5.32 Å². The average molecular weight is 261 g/mol. The maximum atomic E-state index is 12.0. The molecule has 92 valence electrons. The number of halogens is 1. The minimum atomic E-state index is -0.715. The summed E-state index contributed by atoms with van der Waals surface area (Å²) in [5.41, 5.74) is 1.67. The zero-order chi connectivity index (χ0) is 13.0. The molecule has 0 fully saturated rings. The third-order valence-electron chi connectivity index (χ3n) is 2.57. The number of nitrogens with one attached hydrogen (secondary N) is 1. The number of hydrogen-bond donors (Lipinski definition) is 1. The van der Waals surface area contributed by atoms with E-state index in [0.717, 1.165) is 11.1 Å². The Morgan fingerprint density at radius 2 is 1.94 bits per heavy atom. The number of aromatic nitrogens is 1. The molecule has 1 amide bonds. The molecule has 4 heteroatoms. The fourth-order valence-electron chi connectivity index (χ4n) is 1.57. The van der Waals surface area contributed by atoms with Crippen molar-refractivity contribution in [2.45, 2.75) is 12.3 Å². The van der Waals surface area contributed by atoms with Gasteiger partial charge in [-0.2, -0.15) is 0 Å². The van der Waals surface area contributed by atoms with Crippen molar-refractivity contribution in [2.24, 2.45) is 0 Å². The number of rotatable bonds is 3. The van der Waals surface area contributed by atoms with Crippen LogP contribution in [0.25, 0.3) is 0 Å². The topological polar surface area (TPSA) is 42.0 Å². The van der Waals surface area contributed by atoms with Gasteiger partial charge in [-0.05, 0) is 24.1 Å². The lowest BCUT2D eigenvalue weighted by molar-refractivity contribution is -0.116. The van der Waals surface area contributed by atoms with Crippen molar-refractivity contribution < 1.29 is 4.79 Å². The molecule has 1 N–H and O–H groups in total. The molecule has 3 nitrogen and oxygen atoms in total. The molecular formula is C14H13ClN2O. The van der Waals surface area contributed by atoms with Crippen molar-refractivity contribution in [3.63, 3.8) is 0 Å². The zero-order valence-corrected chi connectivity index (χ0v) is 10.7. The van der Waals surface area contributed by atoms with Crippen LogP contribution in [0.1, 0.15) is 16.5 Å². The lowest BCUT2D eigenvalue weighted by Gasteiger charge is -2.11. The first kappa shape index (κ1) is 12.6. The fraction of sp³-hybridized carbons (Fsp3) is 0.143. The Morgan fingerprint density at radius 1 is 1.22 bits per heavy atom. The summed E-state index contributed by atoms with van der Waals surface area (Å²) in [7, 11) is 0. The predicted octanol–water partition coefficient (Wildman–Crippen LogP) is 3.31. The molecule has 0 radical (unpaired) electrons. The number of carbonyl (C=O) groups excluding carboxylic acids is 1. The van der Waals surface area contributed by atoms with Crippen LogP contribution in [0.2, 0.25) is 0 Å². The van der Waals surface area contributed by atoms with E-state index in [1.165, 1.54) is 0 Å². The summed E-state index contributed by atoms with van der Waals surface area (Å²) in [6.07, 6.45) is 1.63. The Hall–Kier alpha value is -1.87. The number of pyridine rings is 1. The van der Waals surface area contributed by atoms with E-state index in [0.29, 0.717) is 5.82 Å². The van der Waals surface area contributed by atoms with Crippen LogP contribution >= 0.6 is 11.6 Å². The lowest BCUT2D eigenvalue weighted by Crippen LogP contribution is -2.18. The maximum absolute atomic E-state index is 12.0. The van der Waals surface area contributed by atoms with E-state index < -0.39 is 5.38 Å². The minimum Gasteiger partial charge on any atom is -0.309 e. The molecule has 0 aliphatic carbocycles. The third-order valence-corrected chi connectivity index (χ3v) is 3.02. The molecule has 0 spiro atoms. The highest BCUT2D eigenvalue weighted by atomic mass is 35.5. The molecule has 0 bridgehead atoms. The summed E-state index contributed by atoms with van der Waals surface area (Å²) in [5, 5.41) is 2.01. The van der Waals surface area contributed by atoms with E-state index in [1.807, 2.05) is 49.4 Å². The van der Waals surface area contributed by atoms with E-state index in [2.05, 4.69) is 10.3 Å². The van der Waals surface area contributed by atoms with Crippen molar-refractivity contribution in [3.8, 4) is 0 Å². The van der Waals surface area contributed by atoms with Crippen molar-refractivity contribution in [3.05, 3.63) is 59.8 Å². The minimum absolute atomic E-state index is 0.273. The van der Waals surface area contributed by atoms with Crippen LogP contribution in [0.3, 0.4) is 0 Å². The second-order valence-corrected chi connectivity index (χ2v) is 4.37. The van der Waals surface area contributed by atoms with Gasteiger partial charge in [0.15, 0.2) is 0 Å². The highest BCUT2D eigenvalue weighted by Crippen LogP contribution is 2.22. The quantitative estimate of drug-likeness (QED) is 0.861. The number of benzene rings is 1. The molecule has 1 unspecified atom stereocenters. The molecule has 0 aliphatic rings. The molecule has 2 aromatic rings. The first-order valence-electron chi connectivity index (χ1n) is 5.60. The summed E-state index contributed by atoms with van der Waals surface area (Å²) in [4.78, 5) is 16.1. The summed E-state index contributed by atoms with van der Waals surface area (Å²) < 4.78 is 0. The van der Waals surface area contributed by atoms with Gasteiger partial charge in [-0.3, -0.25) is 4.79 Å². The number of alkyl halides is 1. The molecule has 2 rings (SSSR count). The van der Waals surface area contributed by atoms with Gasteiger partial charge in [0.1, 0.15) is 11.2 Å². The van der Waals surface area contributed by atoms with Crippen LogP contribution in [0, 0.1) is 6.92 Å². The van der Waals surface area contributed by atoms with Gasteiger partial charge in [-0.25, -0.2) is 4.98 Å². The number of amides is 1. The molecule has 0 saturated carbocycles. The Kier molecular flexibility index (Phi) is 3.95. The standard InChI is InChI=1S/C14H13ClN2O/c1-10-6-5-9-16-13(10)17-14(18)12(15)11-7-3-2-4-8-11/h2-9,12H,1H3,(H,16,17,18). The van der Waals surface area contributed by atoms with Gasteiger partial charge < -0.3 is 5.32 Å². The zero-order valence-electron chi connectivity index (χ0n) is 9.93. The Labute approximate surface area is 111 Å². The van der Waals surface area contributed by atoms with E-state index in [-0.39, 0.29) is 5.91 Å². The van der Waals surface area contributed by atoms with E-state index in [1.54, 1.807) is 6.20 Å².